The maximum atomic E-state index is 3.80. The van der Waals surface area contributed by atoms with Crippen LogP contribution in [0.3, 0.4) is 0 Å². The Morgan fingerprint density at radius 2 is 1.44 bits per heavy atom. The van der Waals surface area contributed by atoms with Crippen LogP contribution in [0.5, 0.6) is 0 Å². The van der Waals surface area contributed by atoms with Crippen LogP contribution in [0.2, 0.25) is 0 Å². The Labute approximate surface area is 155 Å². The summed E-state index contributed by atoms with van der Waals surface area (Å²) < 4.78 is 0. The Balaban J connectivity index is 1.41. The predicted octanol–water partition coefficient (Wildman–Crippen LogP) is 7.60. The summed E-state index contributed by atoms with van der Waals surface area (Å²) in [5.74, 6) is 3.69. The lowest BCUT2D eigenvalue weighted by Gasteiger charge is -2.37. The summed E-state index contributed by atoms with van der Waals surface area (Å²) in [7, 11) is 0. The quantitative estimate of drug-likeness (QED) is 0.370. The van der Waals surface area contributed by atoms with Crippen LogP contribution in [-0.4, -0.2) is 0 Å². The molecule has 3 rings (SSSR count). The summed E-state index contributed by atoms with van der Waals surface area (Å²) in [5, 5.41) is 0. The molecular weight excluding hydrogens is 300 g/mol. The third-order valence-corrected chi connectivity index (χ3v) is 6.75. The molecule has 2 fully saturated rings. The summed E-state index contributed by atoms with van der Waals surface area (Å²) in [6.07, 6.45) is 20.7. The first-order chi connectivity index (χ1) is 12.3. The van der Waals surface area contributed by atoms with Crippen LogP contribution < -0.4 is 0 Å². The molecule has 25 heavy (non-hydrogen) atoms. The minimum absolute atomic E-state index is 0.820. The lowest BCUT2D eigenvalue weighted by atomic mass is 9.68. The first-order valence-corrected chi connectivity index (χ1v) is 10.6. The highest BCUT2D eigenvalue weighted by molar-refractivity contribution is 5.24. The Morgan fingerprint density at radius 1 is 0.840 bits per heavy atom. The van der Waals surface area contributed by atoms with Gasteiger partial charge < -0.3 is 0 Å². The van der Waals surface area contributed by atoms with Gasteiger partial charge in [-0.15, -0.1) is 6.58 Å². The zero-order chi connectivity index (χ0) is 17.5. The average Bonchev–Trinajstić information content (AvgIpc) is 2.67. The average molecular weight is 337 g/mol. The molecule has 0 unspecified atom stereocenters. The minimum atomic E-state index is 0.820. The summed E-state index contributed by atoms with van der Waals surface area (Å²) >= 11 is 0. The molecule has 0 spiro atoms. The van der Waals surface area contributed by atoms with E-state index in [9.17, 15) is 0 Å². The fourth-order valence-electron chi connectivity index (χ4n) is 5.07. The smallest absolute Gasteiger partial charge is 0.0162 e. The SMILES string of the molecule is C=CCCC=CC1CCC(C2CCC(c3ccc(C)cc3)CC2)CC1. The van der Waals surface area contributed by atoms with Crippen molar-refractivity contribution in [2.45, 2.75) is 77.0 Å². The normalized spacial score (nSPS) is 30.4. The number of hydrogen-bond acceptors (Lipinski definition) is 0. The molecule has 0 amide bonds. The standard InChI is InChI=1S/C25H36/c1-3-4-5-6-7-21-10-14-23(15-11-21)25-18-16-24(17-19-25)22-12-8-20(2)9-13-22/h3,6-9,12-13,21,23-25H,1,4-5,10-11,14-19H2,2H3. The van der Waals surface area contributed by atoms with Crippen LogP contribution in [0.1, 0.15) is 81.3 Å². The van der Waals surface area contributed by atoms with Crippen LogP contribution in [0.25, 0.3) is 0 Å². The number of aryl methyl sites for hydroxylation is 1. The van der Waals surface area contributed by atoms with Gasteiger partial charge in [0.15, 0.2) is 0 Å². The largest absolute Gasteiger partial charge is 0.103 e. The highest BCUT2D eigenvalue weighted by Crippen LogP contribution is 2.44. The first kappa shape index (κ1) is 18.5. The van der Waals surface area contributed by atoms with Gasteiger partial charge in [-0.25, -0.2) is 0 Å². The van der Waals surface area contributed by atoms with E-state index in [2.05, 4.69) is 49.9 Å². The Morgan fingerprint density at radius 3 is 2.04 bits per heavy atom. The molecule has 2 aliphatic carbocycles. The van der Waals surface area contributed by atoms with Crippen molar-refractivity contribution in [2.75, 3.05) is 0 Å². The lowest BCUT2D eigenvalue weighted by Crippen LogP contribution is -2.25. The van der Waals surface area contributed by atoms with Crippen LogP contribution in [-0.2, 0) is 0 Å². The van der Waals surface area contributed by atoms with Gasteiger partial charge in [-0.05, 0) is 100 Å². The van der Waals surface area contributed by atoms with Crippen molar-refractivity contribution in [3.05, 3.63) is 60.2 Å². The van der Waals surface area contributed by atoms with Gasteiger partial charge in [0.25, 0.3) is 0 Å². The van der Waals surface area contributed by atoms with Crippen LogP contribution in [0.4, 0.5) is 0 Å². The van der Waals surface area contributed by atoms with E-state index in [4.69, 9.17) is 0 Å². The Hall–Kier alpha value is -1.30. The molecule has 0 aromatic heterocycles. The number of allylic oxidation sites excluding steroid dienone is 3. The summed E-state index contributed by atoms with van der Waals surface area (Å²) in [6.45, 7) is 5.99. The van der Waals surface area contributed by atoms with E-state index in [0.29, 0.717) is 0 Å². The predicted molar refractivity (Wildman–Crippen MR) is 110 cm³/mol. The molecule has 0 N–H and O–H groups in total. The molecule has 0 heterocycles. The van der Waals surface area contributed by atoms with Crippen LogP contribution >= 0.6 is 0 Å². The monoisotopic (exact) mass is 336 g/mol. The molecule has 1 aromatic carbocycles. The van der Waals surface area contributed by atoms with E-state index in [1.165, 1.54) is 63.4 Å². The van der Waals surface area contributed by atoms with Crippen molar-refractivity contribution in [1.82, 2.24) is 0 Å². The molecule has 2 saturated carbocycles. The number of benzene rings is 1. The van der Waals surface area contributed by atoms with Crippen molar-refractivity contribution >= 4 is 0 Å². The summed E-state index contributed by atoms with van der Waals surface area (Å²) in [6, 6.07) is 9.30. The summed E-state index contributed by atoms with van der Waals surface area (Å²) in [5.41, 5.74) is 2.96. The second kappa shape index (κ2) is 9.41. The molecule has 0 nitrogen and oxygen atoms in total. The van der Waals surface area contributed by atoms with E-state index in [-0.39, 0.29) is 0 Å². The first-order valence-electron chi connectivity index (χ1n) is 10.6. The Bertz CT molecular complexity index is 534. The van der Waals surface area contributed by atoms with Crippen molar-refractivity contribution in [3.63, 3.8) is 0 Å². The molecule has 0 radical (unpaired) electrons. The van der Waals surface area contributed by atoms with Crippen molar-refractivity contribution in [1.29, 1.82) is 0 Å². The Kier molecular flexibility index (Phi) is 6.96. The van der Waals surface area contributed by atoms with E-state index in [0.717, 1.165) is 30.1 Å². The van der Waals surface area contributed by atoms with Crippen LogP contribution in [0.15, 0.2) is 49.1 Å². The second-order valence-electron chi connectivity index (χ2n) is 8.49. The molecule has 0 heteroatoms. The molecule has 0 atom stereocenters. The highest BCUT2D eigenvalue weighted by Gasteiger charge is 2.30. The second-order valence-corrected chi connectivity index (χ2v) is 8.49. The van der Waals surface area contributed by atoms with Gasteiger partial charge in [0, 0.05) is 0 Å². The maximum Gasteiger partial charge on any atom is -0.0162 e. The van der Waals surface area contributed by atoms with Crippen molar-refractivity contribution < 1.29 is 0 Å². The lowest BCUT2D eigenvalue weighted by molar-refractivity contribution is 0.171. The van der Waals surface area contributed by atoms with E-state index in [1.807, 2.05) is 6.08 Å². The topological polar surface area (TPSA) is 0 Å². The molecule has 0 aliphatic heterocycles. The fourth-order valence-corrected chi connectivity index (χ4v) is 5.07. The molecular formula is C25H36. The molecule has 0 bridgehead atoms. The van der Waals surface area contributed by atoms with Gasteiger partial charge in [0.1, 0.15) is 0 Å². The molecule has 0 saturated heterocycles. The van der Waals surface area contributed by atoms with Crippen molar-refractivity contribution in [2.24, 2.45) is 17.8 Å². The number of unbranched alkanes of at least 4 members (excludes halogenated alkanes) is 1. The third kappa shape index (κ3) is 5.33. The van der Waals surface area contributed by atoms with Gasteiger partial charge >= 0.3 is 0 Å². The van der Waals surface area contributed by atoms with E-state index in [1.54, 1.807) is 5.56 Å². The highest BCUT2D eigenvalue weighted by atomic mass is 14.4. The van der Waals surface area contributed by atoms with Gasteiger partial charge in [-0.1, -0.05) is 48.1 Å². The van der Waals surface area contributed by atoms with Crippen LogP contribution in [0, 0.1) is 24.7 Å². The number of hydrogen-bond donors (Lipinski definition) is 0. The van der Waals surface area contributed by atoms with Gasteiger partial charge in [0.05, 0.1) is 0 Å². The molecule has 2 aliphatic rings. The van der Waals surface area contributed by atoms with E-state index >= 15 is 0 Å². The van der Waals surface area contributed by atoms with Gasteiger partial charge in [-0.3, -0.25) is 0 Å². The van der Waals surface area contributed by atoms with E-state index < -0.39 is 0 Å². The number of rotatable bonds is 6. The zero-order valence-corrected chi connectivity index (χ0v) is 16.1. The maximum absolute atomic E-state index is 3.80. The fraction of sp³-hybridized carbons (Fsp3) is 0.600. The molecule has 1 aromatic rings. The molecule has 136 valence electrons. The van der Waals surface area contributed by atoms with Gasteiger partial charge in [0.2, 0.25) is 0 Å². The van der Waals surface area contributed by atoms with Crippen molar-refractivity contribution in [3.8, 4) is 0 Å². The van der Waals surface area contributed by atoms with Gasteiger partial charge in [-0.2, -0.15) is 0 Å². The third-order valence-electron chi connectivity index (χ3n) is 6.75. The zero-order valence-electron chi connectivity index (χ0n) is 16.1. The minimum Gasteiger partial charge on any atom is -0.103 e. The summed E-state index contributed by atoms with van der Waals surface area (Å²) in [4.78, 5) is 0.